The van der Waals surface area contributed by atoms with Crippen LogP contribution in [0.25, 0.3) is 0 Å². The monoisotopic (exact) mass is 469 g/mol. The van der Waals surface area contributed by atoms with Crippen LogP contribution in [0, 0.1) is 6.92 Å². The number of benzene rings is 1. The van der Waals surface area contributed by atoms with Crippen LogP contribution in [0.3, 0.4) is 0 Å². The van der Waals surface area contributed by atoms with Crippen molar-refractivity contribution >= 4 is 21.7 Å². The van der Waals surface area contributed by atoms with Gasteiger partial charge in [0.05, 0.1) is 11.1 Å². The number of hydrogen-bond donors (Lipinski definition) is 2. The molecule has 1 atom stereocenters. The Morgan fingerprint density at radius 2 is 1.91 bits per heavy atom. The number of nitrogens with zero attached hydrogens (tertiary/aromatic N) is 3. The van der Waals surface area contributed by atoms with Crippen molar-refractivity contribution in [2.45, 2.75) is 51.2 Å². The average Bonchev–Trinajstić information content (AvgIpc) is 2.79. The number of ether oxygens (including phenoxy) is 1. The fourth-order valence-electron chi connectivity index (χ4n) is 2.99. The Kier molecular flexibility index (Phi) is 7.94. The summed E-state index contributed by atoms with van der Waals surface area (Å²) in [7, 11) is -3.94. The van der Waals surface area contributed by atoms with Crippen LogP contribution in [0.2, 0.25) is 0 Å². The highest BCUT2D eigenvalue weighted by molar-refractivity contribution is 7.92. The summed E-state index contributed by atoms with van der Waals surface area (Å²) in [6.07, 6.45) is 6.21. The first-order valence-corrected chi connectivity index (χ1v) is 12.1. The fraction of sp³-hybridized carbons (Fsp3) is 0.304. The lowest BCUT2D eigenvalue weighted by molar-refractivity contribution is 0.0931. The Labute approximate surface area is 193 Å². The Hall–Kier alpha value is -3.53. The predicted molar refractivity (Wildman–Crippen MR) is 124 cm³/mol. The Morgan fingerprint density at radius 3 is 2.58 bits per heavy atom. The van der Waals surface area contributed by atoms with Gasteiger partial charge in [-0.2, -0.15) is 0 Å². The topological polar surface area (TPSA) is 123 Å². The molecule has 2 N–H and O–H groups in total. The summed E-state index contributed by atoms with van der Waals surface area (Å²) in [5.74, 6) is -0.634. The zero-order valence-corrected chi connectivity index (χ0v) is 19.6. The minimum Gasteiger partial charge on any atom is -0.470 e. The summed E-state index contributed by atoms with van der Waals surface area (Å²) in [6, 6.07) is 9.92. The molecule has 0 spiro atoms. The van der Waals surface area contributed by atoms with E-state index in [1.54, 1.807) is 36.7 Å². The Bertz CT molecular complexity index is 1190. The van der Waals surface area contributed by atoms with Gasteiger partial charge in [-0.15, -0.1) is 0 Å². The van der Waals surface area contributed by atoms with Crippen molar-refractivity contribution in [2.75, 3.05) is 4.72 Å². The number of carbonyl (C=O) groups is 1. The molecule has 0 fully saturated rings. The van der Waals surface area contributed by atoms with Crippen LogP contribution in [-0.4, -0.2) is 35.3 Å². The zero-order chi connectivity index (χ0) is 23.8. The Morgan fingerprint density at radius 1 is 1.15 bits per heavy atom. The zero-order valence-electron chi connectivity index (χ0n) is 18.8. The molecular formula is C23H27N5O4S. The van der Waals surface area contributed by atoms with Crippen molar-refractivity contribution in [3.8, 4) is 5.88 Å². The van der Waals surface area contributed by atoms with E-state index in [1.165, 1.54) is 18.3 Å². The molecule has 2 aromatic heterocycles. The van der Waals surface area contributed by atoms with E-state index in [-0.39, 0.29) is 34.9 Å². The third-order valence-corrected chi connectivity index (χ3v) is 6.09. The predicted octanol–water partition coefficient (Wildman–Crippen LogP) is 3.48. The number of nitrogens with one attached hydrogen (secondary N) is 2. The first-order chi connectivity index (χ1) is 15.8. The van der Waals surface area contributed by atoms with Crippen molar-refractivity contribution in [3.05, 3.63) is 71.8 Å². The van der Waals surface area contributed by atoms with Gasteiger partial charge in [0, 0.05) is 24.0 Å². The van der Waals surface area contributed by atoms with E-state index in [9.17, 15) is 13.2 Å². The van der Waals surface area contributed by atoms with Gasteiger partial charge in [0.2, 0.25) is 5.82 Å². The number of pyridine rings is 1. The highest BCUT2D eigenvalue weighted by atomic mass is 32.2. The van der Waals surface area contributed by atoms with E-state index in [4.69, 9.17) is 4.74 Å². The smallest absolute Gasteiger partial charge is 0.271 e. The molecule has 0 bridgehead atoms. The number of hydrogen-bond acceptors (Lipinski definition) is 7. The van der Waals surface area contributed by atoms with E-state index in [0.29, 0.717) is 0 Å². The van der Waals surface area contributed by atoms with Crippen molar-refractivity contribution in [3.63, 3.8) is 0 Å². The van der Waals surface area contributed by atoms with Crippen molar-refractivity contribution in [1.82, 2.24) is 20.3 Å². The third-order valence-electron chi connectivity index (χ3n) is 4.73. The van der Waals surface area contributed by atoms with Gasteiger partial charge in [-0.3, -0.25) is 14.5 Å². The van der Waals surface area contributed by atoms with Crippen LogP contribution in [0.4, 0.5) is 5.82 Å². The molecule has 1 amide bonds. The van der Waals surface area contributed by atoms with E-state index >= 15 is 0 Å². The molecule has 2 heterocycles. The van der Waals surface area contributed by atoms with E-state index < -0.39 is 15.9 Å². The van der Waals surface area contributed by atoms with Gasteiger partial charge in [0.15, 0.2) is 5.69 Å². The van der Waals surface area contributed by atoms with Gasteiger partial charge in [0.1, 0.15) is 6.61 Å². The number of anilines is 1. The number of aryl methyl sites for hydroxylation is 1. The number of sulfonamides is 1. The SMILES string of the molecule is CCCC(C)NC(=O)c1cnc(NS(=O)(=O)c2ccc(C)cc2)c(OCc2cccnc2)n1. The minimum atomic E-state index is -3.94. The van der Waals surface area contributed by atoms with Crippen molar-refractivity contribution < 1.29 is 17.9 Å². The quantitative estimate of drug-likeness (QED) is 0.466. The minimum absolute atomic E-state index is 0.0254. The summed E-state index contributed by atoms with van der Waals surface area (Å²) in [5, 5.41) is 2.85. The second-order valence-electron chi connectivity index (χ2n) is 7.64. The number of rotatable bonds is 10. The summed E-state index contributed by atoms with van der Waals surface area (Å²) < 4.78 is 33.9. The van der Waals surface area contributed by atoms with Gasteiger partial charge in [0.25, 0.3) is 21.8 Å². The molecule has 0 aliphatic carbocycles. The third kappa shape index (κ3) is 6.72. The number of aromatic nitrogens is 3. The maximum Gasteiger partial charge on any atom is 0.271 e. The van der Waals surface area contributed by atoms with Gasteiger partial charge in [-0.25, -0.2) is 18.4 Å². The number of amides is 1. The normalized spacial score (nSPS) is 12.1. The van der Waals surface area contributed by atoms with Crippen LogP contribution in [-0.2, 0) is 16.6 Å². The first kappa shape index (κ1) is 24.1. The fourth-order valence-corrected chi connectivity index (χ4v) is 4.00. The molecule has 174 valence electrons. The molecule has 9 nitrogen and oxygen atoms in total. The molecule has 0 saturated heterocycles. The van der Waals surface area contributed by atoms with Crippen molar-refractivity contribution in [1.29, 1.82) is 0 Å². The average molecular weight is 470 g/mol. The van der Waals surface area contributed by atoms with Crippen LogP contribution in [0.15, 0.2) is 59.9 Å². The lowest BCUT2D eigenvalue weighted by Gasteiger charge is -2.15. The second kappa shape index (κ2) is 10.9. The highest BCUT2D eigenvalue weighted by Crippen LogP contribution is 2.24. The summed E-state index contributed by atoms with van der Waals surface area (Å²) >= 11 is 0. The molecule has 0 aliphatic heterocycles. The lowest BCUT2D eigenvalue weighted by atomic mass is 10.2. The lowest BCUT2D eigenvalue weighted by Crippen LogP contribution is -2.33. The van der Waals surface area contributed by atoms with E-state index in [2.05, 4.69) is 25.0 Å². The van der Waals surface area contributed by atoms with Gasteiger partial charge >= 0.3 is 0 Å². The summed E-state index contributed by atoms with van der Waals surface area (Å²) in [5.41, 5.74) is 1.71. The van der Waals surface area contributed by atoms with Crippen LogP contribution < -0.4 is 14.8 Å². The van der Waals surface area contributed by atoms with Gasteiger partial charge in [-0.1, -0.05) is 37.1 Å². The second-order valence-corrected chi connectivity index (χ2v) is 9.32. The molecule has 0 saturated carbocycles. The molecule has 1 unspecified atom stereocenters. The first-order valence-electron chi connectivity index (χ1n) is 10.6. The van der Waals surface area contributed by atoms with E-state index in [1.807, 2.05) is 20.8 Å². The standard InChI is InChI=1S/C23H27N5O4S/c1-4-6-17(3)26-22(29)20-14-25-21(23(27-20)32-15-18-7-5-12-24-13-18)28-33(30,31)19-10-8-16(2)9-11-19/h5,7-14,17H,4,6,15H2,1-3H3,(H,25,28)(H,26,29). The molecule has 0 aliphatic rings. The summed E-state index contributed by atoms with van der Waals surface area (Å²) in [4.78, 5) is 25.1. The highest BCUT2D eigenvalue weighted by Gasteiger charge is 2.21. The molecular weight excluding hydrogens is 442 g/mol. The van der Waals surface area contributed by atoms with Crippen LogP contribution >= 0.6 is 0 Å². The maximum absolute atomic E-state index is 12.9. The maximum atomic E-state index is 12.9. The molecule has 3 rings (SSSR count). The molecule has 1 aromatic carbocycles. The molecule has 3 aromatic rings. The molecule has 33 heavy (non-hydrogen) atoms. The van der Waals surface area contributed by atoms with Gasteiger partial charge in [-0.05, 0) is 38.5 Å². The molecule has 10 heteroatoms. The number of carbonyl (C=O) groups excluding carboxylic acids is 1. The van der Waals surface area contributed by atoms with Crippen molar-refractivity contribution in [2.24, 2.45) is 0 Å². The van der Waals surface area contributed by atoms with Crippen LogP contribution in [0.5, 0.6) is 5.88 Å². The van der Waals surface area contributed by atoms with E-state index in [0.717, 1.165) is 24.0 Å². The molecule has 0 radical (unpaired) electrons. The van der Waals surface area contributed by atoms with Crippen LogP contribution in [0.1, 0.15) is 48.3 Å². The largest absolute Gasteiger partial charge is 0.470 e. The summed E-state index contributed by atoms with van der Waals surface area (Å²) in [6.45, 7) is 5.87. The Balaban J connectivity index is 1.88. The van der Waals surface area contributed by atoms with Gasteiger partial charge < -0.3 is 10.1 Å².